The topological polar surface area (TPSA) is 74.4 Å². The van der Waals surface area contributed by atoms with E-state index < -0.39 is 0 Å². The number of carbonyl (C=O) groups is 1. The Kier molecular flexibility index (Phi) is 9.62. The summed E-state index contributed by atoms with van der Waals surface area (Å²) in [6.45, 7) is 6.49. The molecular weight excluding hydrogens is 444 g/mol. The van der Waals surface area contributed by atoms with Crippen LogP contribution in [-0.4, -0.2) is 24.2 Å². The van der Waals surface area contributed by atoms with Gasteiger partial charge in [-0.1, -0.05) is 42.5 Å². The fourth-order valence-electron chi connectivity index (χ4n) is 3.45. The average molecular weight is 477 g/mol. The van der Waals surface area contributed by atoms with Crippen LogP contribution in [0.15, 0.2) is 77.2 Å². The molecule has 1 heterocycles. The summed E-state index contributed by atoms with van der Waals surface area (Å²) in [5.74, 6) is 0.556. The minimum Gasteiger partial charge on any atom is -0.493 e. The van der Waals surface area contributed by atoms with E-state index in [2.05, 4.69) is 29.2 Å². The number of esters is 1. The first kappa shape index (κ1) is 25.4. The van der Waals surface area contributed by atoms with E-state index in [0.717, 1.165) is 34.0 Å². The number of benzene rings is 2. The molecule has 0 saturated heterocycles. The number of nitrogens with two attached hydrogens (primary N) is 1. The van der Waals surface area contributed by atoms with Crippen molar-refractivity contribution in [1.82, 2.24) is 4.98 Å². The second-order valence-electron chi connectivity index (χ2n) is 8.09. The van der Waals surface area contributed by atoms with Gasteiger partial charge in [0, 0.05) is 17.4 Å². The SMILES string of the molecule is CCOC(=O)/C(C)=C\C(C)=C\c1csc(C(N)Cc2ccc(OCCc3ccccc3)cc2)n1. The van der Waals surface area contributed by atoms with Crippen molar-refractivity contribution in [3.05, 3.63) is 99.0 Å². The zero-order chi connectivity index (χ0) is 24.3. The Morgan fingerprint density at radius 2 is 1.82 bits per heavy atom. The quantitative estimate of drug-likeness (QED) is 0.211. The van der Waals surface area contributed by atoms with Gasteiger partial charge in [0.1, 0.15) is 10.8 Å². The Labute approximate surface area is 205 Å². The molecule has 0 spiro atoms. The van der Waals surface area contributed by atoms with Crippen LogP contribution in [0.2, 0.25) is 0 Å². The van der Waals surface area contributed by atoms with E-state index >= 15 is 0 Å². The minimum absolute atomic E-state index is 0.186. The third kappa shape index (κ3) is 7.97. The number of carbonyl (C=O) groups excluding carboxylic acids is 1. The number of hydrogen-bond acceptors (Lipinski definition) is 6. The average Bonchev–Trinajstić information content (AvgIpc) is 3.29. The van der Waals surface area contributed by atoms with E-state index in [9.17, 15) is 4.79 Å². The predicted molar refractivity (Wildman–Crippen MR) is 139 cm³/mol. The van der Waals surface area contributed by atoms with Gasteiger partial charge < -0.3 is 15.2 Å². The molecule has 0 aliphatic rings. The molecule has 0 aliphatic heterocycles. The van der Waals surface area contributed by atoms with Gasteiger partial charge >= 0.3 is 5.97 Å². The first-order valence-corrected chi connectivity index (χ1v) is 12.3. The maximum atomic E-state index is 11.8. The summed E-state index contributed by atoms with van der Waals surface area (Å²) in [7, 11) is 0. The van der Waals surface area contributed by atoms with Gasteiger partial charge in [0.2, 0.25) is 0 Å². The zero-order valence-corrected chi connectivity index (χ0v) is 20.8. The summed E-state index contributed by atoms with van der Waals surface area (Å²) in [5.41, 5.74) is 11.2. The van der Waals surface area contributed by atoms with Crippen molar-refractivity contribution in [2.45, 2.75) is 39.7 Å². The fourth-order valence-corrected chi connectivity index (χ4v) is 4.23. The van der Waals surface area contributed by atoms with Crippen LogP contribution in [-0.2, 0) is 22.4 Å². The first-order chi connectivity index (χ1) is 16.4. The molecule has 1 aromatic heterocycles. The molecule has 2 aromatic carbocycles. The Balaban J connectivity index is 1.52. The van der Waals surface area contributed by atoms with Gasteiger partial charge in [0.25, 0.3) is 0 Å². The number of hydrogen-bond donors (Lipinski definition) is 1. The Bertz CT molecular complexity index is 1120. The Morgan fingerprint density at radius 3 is 2.53 bits per heavy atom. The van der Waals surface area contributed by atoms with Crippen molar-refractivity contribution in [2.24, 2.45) is 5.73 Å². The number of ether oxygens (including phenoxy) is 2. The standard InChI is InChI=1S/C28H32N2O3S/c1-4-32-28(31)21(3)16-20(2)17-24-19-34-27(30-24)26(29)18-23-10-12-25(13-11-23)33-15-14-22-8-6-5-7-9-22/h5-13,16-17,19,26H,4,14-15,18,29H2,1-3H3/b20-17+,21-16-. The fraction of sp³-hybridized carbons (Fsp3) is 0.286. The molecular formula is C28H32N2O3S. The normalized spacial score (nSPS) is 12.9. The highest BCUT2D eigenvalue weighted by atomic mass is 32.1. The van der Waals surface area contributed by atoms with Gasteiger partial charge in [-0.05, 0) is 68.2 Å². The highest BCUT2D eigenvalue weighted by Crippen LogP contribution is 2.23. The second kappa shape index (κ2) is 12.9. The van der Waals surface area contributed by atoms with Crippen molar-refractivity contribution >= 4 is 23.4 Å². The molecule has 0 radical (unpaired) electrons. The van der Waals surface area contributed by atoms with Crippen molar-refractivity contribution in [3.8, 4) is 5.75 Å². The molecule has 0 amide bonds. The predicted octanol–water partition coefficient (Wildman–Crippen LogP) is 5.92. The highest BCUT2D eigenvalue weighted by molar-refractivity contribution is 7.09. The van der Waals surface area contributed by atoms with E-state index in [4.69, 9.17) is 15.2 Å². The van der Waals surface area contributed by atoms with Crippen molar-refractivity contribution in [1.29, 1.82) is 0 Å². The lowest BCUT2D eigenvalue weighted by Gasteiger charge is -2.10. The molecule has 3 rings (SSSR count). The minimum atomic E-state index is -0.302. The Hall–Kier alpha value is -3.22. The lowest BCUT2D eigenvalue weighted by atomic mass is 10.1. The molecule has 1 unspecified atom stereocenters. The van der Waals surface area contributed by atoms with Crippen LogP contribution in [0.25, 0.3) is 6.08 Å². The molecule has 34 heavy (non-hydrogen) atoms. The number of aromatic nitrogens is 1. The summed E-state index contributed by atoms with van der Waals surface area (Å²) in [5, 5.41) is 2.86. The smallest absolute Gasteiger partial charge is 0.333 e. The van der Waals surface area contributed by atoms with Crippen LogP contribution in [0.1, 0.15) is 48.6 Å². The van der Waals surface area contributed by atoms with Crippen molar-refractivity contribution in [3.63, 3.8) is 0 Å². The zero-order valence-electron chi connectivity index (χ0n) is 20.0. The molecule has 0 saturated carbocycles. The van der Waals surface area contributed by atoms with Gasteiger partial charge in [-0.15, -0.1) is 11.3 Å². The van der Waals surface area contributed by atoms with E-state index in [0.29, 0.717) is 25.2 Å². The summed E-state index contributed by atoms with van der Waals surface area (Å²) in [6, 6.07) is 18.2. The number of nitrogens with zero attached hydrogens (tertiary/aromatic N) is 1. The molecule has 6 heteroatoms. The summed E-state index contributed by atoms with van der Waals surface area (Å²) in [6.07, 6.45) is 5.32. The third-order valence-corrected chi connectivity index (χ3v) is 6.15. The van der Waals surface area contributed by atoms with Crippen LogP contribution >= 0.6 is 11.3 Å². The van der Waals surface area contributed by atoms with Crippen LogP contribution < -0.4 is 10.5 Å². The molecule has 1 atom stereocenters. The van der Waals surface area contributed by atoms with E-state index in [1.165, 1.54) is 5.56 Å². The lowest BCUT2D eigenvalue weighted by molar-refractivity contribution is -0.138. The molecule has 178 valence electrons. The van der Waals surface area contributed by atoms with Gasteiger partial charge in [-0.25, -0.2) is 9.78 Å². The van der Waals surface area contributed by atoms with Gasteiger partial charge in [-0.2, -0.15) is 0 Å². The lowest BCUT2D eigenvalue weighted by Crippen LogP contribution is -2.13. The largest absolute Gasteiger partial charge is 0.493 e. The van der Waals surface area contributed by atoms with E-state index in [1.807, 2.05) is 48.7 Å². The maximum Gasteiger partial charge on any atom is 0.333 e. The molecule has 3 aromatic rings. The van der Waals surface area contributed by atoms with E-state index in [1.54, 1.807) is 31.3 Å². The molecule has 0 fully saturated rings. The number of thiazole rings is 1. The van der Waals surface area contributed by atoms with Crippen molar-refractivity contribution in [2.75, 3.05) is 13.2 Å². The van der Waals surface area contributed by atoms with Gasteiger partial charge in [-0.3, -0.25) is 0 Å². The second-order valence-corrected chi connectivity index (χ2v) is 8.98. The summed E-state index contributed by atoms with van der Waals surface area (Å²) in [4.78, 5) is 16.4. The molecule has 5 nitrogen and oxygen atoms in total. The van der Waals surface area contributed by atoms with Crippen LogP contribution in [0.4, 0.5) is 0 Å². The number of allylic oxidation sites excluding steroid dienone is 2. The molecule has 2 N–H and O–H groups in total. The molecule has 0 aliphatic carbocycles. The highest BCUT2D eigenvalue weighted by Gasteiger charge is 2.12. The monoisotopic (exact) mass is 476 g/mol. The van der Waals surface area contributed by atoms with Crippen LogP contribution in [0.5, 0.6) is 5.75 Å². The third-order valence-electron chi connectivity index (χ3n) is 5.16. The van der Waals surface area contributed by atoms with Gasteiger partial charge in [0.05, 0.1) is 24.9 Å². The first-order valence-electron chi connectivity index (χ1n) is 11.4. The van der Waals surface area contributed by atoms with E-state index in [-0.39, 0.29) is 12.0 Å². The molecule has 0 bridgehead atoms. The maximum absolute atomic E-state index is 11.8. The summed E-state index contributed by atoms with van der Waals surface area (Å²) < 4.78 is 10.9. The number of rotatable bonds is 11. The van der Waals surface area contributed by atoms with Crippen molar-refractivity contribution < 1.29 is 14.3 Å². The Morgan fingerprint density at radius 1 is 1.09 bits per heavy atom. The van der Waals surface area contributed by atoms with Gasteiger partial charge in [0.15, 0.2) is 0 Å². The van der Waals surface area contributed by atoms with Crippen LogP contribution in [0, 0.1) is 0 Å². The summed E-state index contributed by atoms with van der Waals surface area (Å²) >= 11 is 1.55. The van der Waals surface area contributed by atoms with Crippen LogP contribution in [0.3, 0.4) is 0 Å².